The molecule has 4 rings (SSSR count). The molecule has 1 unspecified atom stereocenters. The van der Waals surface area contributed by atoms with Crippen molar-refractivity contribution in [1.82, 2.24) is 15.2 Å². The van der Waals surface area contributed by atoms with Crippen LogP contribution in [0.3, 0.4) is 0 Å². The first-order chi connectivity index (χ1) is 15.0. The fourth-order valence-electron chi connectivity index (χ4n) is 3.38. The van der Waals surface area contributed by atoms with Crippen molar-refractivity contribution < 1.29 is 14.3 Å². The highest BCUT2D eigenvalue weighted by atomic mass is 35.5. The number of amides is 1. The summed E-state index contributed by atoms with van der Waals surface area (Å²) in [6, 6.07) is 12.7. The Balaban J connectivity index is 1.90. The van der Waals surface area contributed by atoms with E-state index in [1.807, 2.05) is 38.1 Å². The van der Waals surface area contributed by atoms with Gasteiger partial charge in [-0.2, -0.15) is 4.98 Å². The first kappa shape index (κ1) is 21.4. The van der Waals surface area contributed by atoms with Gasteiger partial charge >= 0.3 is 0 Å². The maximum absolute atomic E-state index is 12.8. The fourth-order valence-corrected chi connectivity index (χ4v) is 4.06. The number of nitrogens with zero attached hydrogens (tertiary/aromatic N) is 4. The summed E-state index contributed by atoms with van der Waals surface area (Å²) >= 11 is 7.74. The Labute approximate surface area is 189 Å². The van der Waals surface area contributed by atoms with Crippen molar-refractivity contribution in [3.8, 4) is 22.9 Å². The van der Waals surface area contributed by atoms with E-state index in [0.717, 1.165) is 17.1 Å². The molecule has 0 N–H and O–H groups in total. The number of anilines is 1. The molecule has 3 aromatic rings. The molecule has 0 spiro atoms. The number of thioether (sulfide) groups is 1. The highest BCUT2D eigenvalue weighted by Gasteiger charge is 2.34. The van der Waals surface area contributed by atoms with E-state index in [1.165, 1.54) is 18.7 Å². The zero-order chi connectivity index (χ0) is 22.0. The number of ether oxygens (including phenoxy) is 2. The molecule has 0 bridgehead atoms. The molecule has 0 aliphatic carbocycles. The highest BCUT2D eigenvalue weighted by Crippen LogP contribution is 2.44. The first-order valence-corrected chi connectivity index (χ1v) is 11.2. The first-order valence-electron chi connectivity index (χ1n) is 9.88. The van der Waals surface area contributed by atoms with Gasteiger partial charge in [0.05, 0.1) is 12.3 Å². The van der Waals surface area contributed by atoms with E-state index in [0.29, 0.717) is 39.6 Å². The van der Waals surface area contributed by atoms with Crippen LogP contribution in [0, 0.1) is 0 Å². The second kappa shape index (κ2) is 9.11. The summed E-state index contributed by atoms with van der Waals surface area (Å²) in [5.41, 5.74) is 2.48. The zero-order valence-electron chi connectivity index (χ0n) is 17.3. The smallest absolute Gasteiger partial charge is 0.247 e. The summed E-state index contributed by atoms with van der Waals surface area (Å²) < 4.78 is 11.9. The molecular weight excluding hydrogens is 436 g/mol. The van der Waals surface area contributed by atoms with E-state index >= 15 is 0 Å². The van der Waals surface area contributed by atoms with Crippen LogP contribution in [0.4, 0.5) is 5.69 Å². The van der Waals surface area contributed by atoms with Gasteiger partial charge in [-0.05, 0) is 55.1 Å². The SMILES string of the molecule is CCOc1ccc(C2Oc3nc(SCC)nnc3-c3cc(Cl)ccc3N2C(C)=O)cc1. The Kier molecular flexibility index (Phi) is 6.29. The third kappa shape index (κ3) is 4.31. The summed E-state index contributed by atoms with van der Waals surface area (Å²) in [7, 11) is 0. The summed E-state index contributed by atoms with van der Waals surface area (Å²) in [6.07, 6.45) is -0.745. The molecule has 0 fully saturated rings. The Hall–Kier alpha value is -2.84. The van der Waals surface area contributed by atoms with E-state index in [4.69, 9.17) is 21.1 Å². The minimum absolute atomic E-state index is 0.189. The van der Waals surface area contributed by atoms with Gasteiger partial charge in [0.2, 0.25) is 23.2 Å². The number of halogens is 1. The normalized spacial score (nSPS) is 14.8. The molecule has 0 saturated carbocycles. The number of hydrogen-bond acceptors (Lipinski definition) is 7. The van der Waals surface area contributed by atoms with Gasteiger partial charge in [-0.1, -0.05) is 30.3 Å². The average molecular weight is 457 g/mol. The van der Waals surface area contributed by atoms with Gasteiger partial charge in [-0.25, -0.2) is 0 Å². The molecule has 2 aromatic carbocycles. The van der Waals surface area contributed by atoms with Crippen LogP contribution in [-0.4, -0.2) is 33.4 Å². The lowest BCUT2D eigenvalue weighted by Gasteiger charge is -2.30. The average Bonchev–Trinajstić information content (AvgIpc) is 2.89. The molecule has 160 valence electrons. The summed E-state index contributed by atoms with van der Waals surface area (Å²) in [4.78, 5) is 19.0. The lowest BCUT2D eigenvalue weighted by molar-refractivity contribution is -0.118. The van der Waals surface area contributed by atoms with Crippen LogP contribution < -0.4 is 14.4 Å². The molecule has 1 amide bonds. The van der Waals surface area contributed by atoms with Crippen LogP contribution >= 0.6 is 23.4 Å². The lowest BCUT2D eigenvalue weighted by Crippen LogP contribution is -2.36. The zero-order valence-corrected chi connectivity index (χ0v) is 18.9. The van der Waals surface area contributed by atoms with Crippen molar-refractivity contribution in [2.75, 3.05) is 17.3 Å². The number of rotatable bonds is 5. The van der Waals surface area contributed by atoms with E-state index in [2.05, 4.69) is 15.2 Å². The third-order valence-electron chi connectivity index (χ3n) is 4.66. The largest absolute Gasteiger partial charge is 0.494 e. The monoisotopic (exact) mass is 456 g/mol. The van der Waals surface area contributed by atoms with Gasteiger partial charge in [0.25, 0.3) is 0 Å². The predicted molar refractivity (Wildman–Crippen MR) is 121 cm³/mol. The molecule has 0 saturated heterocycles. The van der Waals surface area contributed by atoms with Crippen molar-refractivity contribution in [2.45, 2.75) is 32.2 Å². The van der Waals surface area contributed by atoms with Gasteiger partial charge < -0.3 is 9.47 Å². The molecule has 1 atom stereocenters. The Morgan fingerprint density at radius 2 is 1.97 bits per heavy atom. The topological polar surface area (TPSA) is 77.4 Å². The molecule has 9 heteroatoms. The summed E-state index contributed by atoms with van der Waals surface area (Å²) in [5, 5.41) is 9.60. The molecule has 0 radical (unpaired) electrons. The number of aromatic nitrogens is 3. The minimum atomic E-state index is -0.745. The van der Waals surface area contributed by atoms with E-state index in [9.17, 15) is 4.79 Å². The molecule has 1 aliphatic heterocycles. The van der Waals surface area contributed by atoms with Crippen LogP contribution in [0.15, 0.2) is 47.6 Å². The molecule has 7 nitrogen and oxygen atoms in total. The Bertz CT molecular complexity index is 1110. The molecular formula is C22H21ClN4O3S. The summed E-state index contributed by atoms with van der Waals surface area (Å²) in [6.45, 7) is 6.00. The maximum Gasteiger partial charge on any atom is 0.247 e. The van der Waals surface area contributed by atoms with E-state index < -0.39 is 6.23 Å². The molecule has 1 aliphatic rings. The number of fused-ring (bicyclic) bond motifs is 3. The van der Waals surface area contributed by atoms with Crippen LogP contribution in [0.25, 0.3) is 11.3 Å². The number of carbonyl (C=O) groups is 1. The predicted octanol–water partition coefficient (Wildman–Crippen LogP) is 5.15. The van der Waals surface area contributed by atoms with Crippen molar-refractivity contribution in [1.29, 1.82) is 0 Å². The Morgan fingerprint density at radius 1 is 1.19 bits per heavy atom. The second-order valence-electron chi connectivity index (χ2n) is 6.70. The van der Waals surface area contributed by atoms with Gasteiger partial charge in [0, 0.05) is 23.1 Å². The third-order valence-corrected chi connectivity index (χ3v) is 5.61. The van der Waals surface area contributed by atoms with Crippen molar-refractivity contribution in [2.24, 2.45) is 0 Å². The lowest BCUT2D eigenvalue weighted by atomic mass is 10.1. The van der Waals surface area contributed by atoms with Crippen LogP contribution in [-0.2, 0) is 4.79 Å². The fraction of sp³-hybridized carbons (Fsp3) is 0.273. The number of benzene rings is 2. The number of carbonyl (C=O) groups excluding carboxylic acids is 1. The quantitative estimate of drug-likeness (QED) is 0.491. The van der Waals surface area contributed by atoms with E-state index in [1.54, 1.807) is 23.1 Å². The van der Waals surface area contributed by atoms with Crippen LogP contribution in [0.2, 0.25) is 5.02 Å². The van der Waals surface area contributed by atoms with Crippen molar-refractivity contribution >= 4 is 35.0 Å². The van der Waals surface area contributed by atoms with Crippen LogP contribution in [0.5, 0.6) is 11.6 Å². The second-order valence-corrected chi connectivity index (χ2v) is 8.37. The molecule has 2 heterocycles. The van der Waals surface area contributed by atoms with Crippen LogP contribution in [0.1, 0.15) is 32.6 Å². The van der Waals surface area contributed by atoms with Gasteiger partial charge in [0.15, 0.2) is 5.69 Å². The highest BCUT2D eigenvalue weighted by molar-refractivity contribution is 7.99. The van der Waals surface area contributed by atoms with Gasteiger partial charge in [-0.3, -0.25) is 9.69 Å². The molecule has 1 aromatic heterocycles. The molecule has 31 heavy (non-hydrogen) atoms. The van der Waals surface area contributed by atoms with E-state index in [-0.39, 0.29) is 5.91 Å². The summed E-state index contributed by atoms with van der Waals surface area (Å²) in [5.74, 6) is 1.65. The minimum Gasteiger partial charge on any atom is -0.494 e. The van der Waals surface area contributed by atoms with Crippen molar-refractivity contribution in [3.63, 3.8) is 0 Å². The Morgan fingerprint density at radius 3 is 2.65 bits per heavy atom. The maximum atomic E-state index is 12.8. The number of hydrogen-bond donors (Lipinski definition) is 0. The van der Waals surface area contributed by atoms with Gasteiger partial charge in [-0.15, -0.1) is 10.2 Å². The van der Waals surface area contributed by atoms with Crippen molar-refractivity contribution in [3.05, 3.63) is 53.1 Å². The van der Waals surface area contributed by atoms with Gasteiger partial charge in [0.1, 0.15) is 5.75 Å². The standard InChI is InChI=1S/C22H21ClN4O3S/c1-4-29-16-9-6-14(7-10-16)21-27(13(3)28)18-11-8-15(23)12-17(18)19-20(30-21)24-22(26-25-19)31-5-2/h6-12,21H,4-5H2,1-3H3.